The summed E-state index contributed by atoms with van der Waals surface area (Å²) in [6, 6.07) is 7.54. The van der Waals surface area contributed by atoms with Gasteiger partial charge in [0.15, 0.2) is 0 Å². The molecule has 1 unspecified atom stereocenters. The van der Waals surface area contributed by atoms with E-state index in [1.807, 2.05) is 24.3 Å². The van der Waals surface area contributed by atoms with Crippen LogP contribution in [0.4, 0.5) is 0 Å². The van der Waals surface area contributed by atoms with Crippen molar-refractivity contribution in [1.82, 2.24) is 0 Å². The van der Waals surface area contributed by atoms with Crippen molar-refractivity contribution in [2.24, 2.45) is 11.1 Å². The number of rotatable bonds is 7. The minimum atomic E-state index is -3.43. The summed E-state index contributed by atoms with van der Waals surface area (Å²) in [5.41, 5.74) is 0.983. The maximum absolute atomic E-state index is 10.9. The van der Waals surface area contributed by atoms with Crippen LogP contribution in [0.5, 0.6) is 5.75 Å². The lowest BCUT2D eigenvalue weighted by Gasteiger charge is -2.11. The van der Waals surface area contributed by atoms with E-state index >= 15 is 0 Å². The van der Waals surface area contributed by atoms with Gasteiger partial charge in [0.25, 0.3) is 0 Å². The highest BCUT2D eigenvalue weighted by molar-refractivity contribution is 7.89. The van der Waals surface area contributed by atoms with E-state index in [-0.39, 0.29) is 11.7 Å². The van der Waals surface area contributed by atoms with Gasteiger partial charge in [0.2, 0.25) is 10.0 Å². The summed E-state index contributed by atoms with van der Waals surface area (Å²) in [6.45, 7) is 2.57. The van der Waals surface area contributed by atoms with Crippen LogP contribution in [0.3, 0.4) is 0 Å². The quantitative estimate of drug-likeness (QED) is 0.808. The molecule has 18 heavy (non-hydrogen) atoms. The molecule has 6 heteroatoms. The summed E-state index contributed by atoms with van der Waals surface area (Å²) in [7, 11) is -1.82. The molecule has 0 aliphatic carbocycles. The zero-order chi connectivity index (χ0) is 13.6. The molecule has 1 aromatic carbocycles. The lowest BCUT2D eigenvalue weighted by molar-refractivity contribution is 0.0976. The molecule has 0 spiro atoms. The molecular formula is C12H19NO4S. The summed E-state index contributed by atoms with van der Waals surface area (Å²) in [4.78, 5) is 0. The molecule has 1 aromatic rings. The minimum absolute atomic E-state index is 0.0644. The molecule has 1 rings (SSSR count). The van der Waals surface area contributed by atoms with Crippen LogP contribution in [0.1, 0.15) is 12.5 Å². The lowest BCUT2D eigenvalue weighted by Crippen LogP contribution is -2.24. The first-order chi connectivity index (χ1) is 8.40. The van der Waals surface area contributed by atoms with Crippen molar-refractivity contribution < 1.29 is 17.9 Å². The van der Waals surface area contributed by atoms with E-state index < -0.39 is 10.0 Å². The summed E-state index contributed by atoms with van der Waals surface area (Å²) in [5, 5.41) is 4.96. The predicted molar refractivity (Wildman–Crippen MR) is 69.8 cm³/mol. The third kappa shape index (κ3) is 6.00. The van der Waals surface area contributed by atoms with Crippen LogP contribution in [-0.4, -0.2) is 27.9 Å². The maximum Gasteiger partial charge on any atom is 0.209 e. The second-order valence-corrected chi connectivity index (χ2v) is 5.96. The average Bonchev–Trinajstić information content (AvgIpc) is 2.27. The van der Waals surface area contributed by atoms with Crippen LogP contribution in [0.15, 0.2) is 24.3 Å². The van der Waals surface area contributed by atoms with Gasteiger partial charge < -0.3 is 9.47 Å². The third-order valence-electron chi connectivity index (χ3n) is 2.32. The van der Waals surface area contributed by atoms with Gasteiger partial charge >= 0.3 is 0 Å². The molecule has 102 valence electrons. The van der Waals surface area contributed by atoms with Crippen LogP contribution in [0.2, 0.25) is 0 Å². The highest BCUT2D eigenvalue weighted by Crippen LogP contribution is 2.13. The Morgan fingerprint density at radius 2 is 2.11 bits per heavy atom. The first-order valence-electron chi connectivity index (χ1n) is 5.62. The Balaban J connectivity index is 2.37. The Morgan fingerprint density at radius 1 is 1.39 bits per heavy atom. The van der Waals surface area contributed by atoms with Crippen molar-refractivity contribution >= 4 is 10.0 Å². The Morgan fingerprint density at radius 3 is 2.72 bits per heavy atom. The van der Waals surface area contributed by atoms with E-state index in [1.165, 1.54) is 0 Å². The molecule has 0 aromatic heterocycles. The van der Waals surface area contributed by atoms with Crippen LogP contribution in [0.25, 0.3) is 0 Å². The molecule has 5 nitrogen and oxygen atoms in total. The van der Waals surface area contributed by atoms with Gasteiger partial charge in [0.05, 0.1) is 26.1 Å². The van der Waals surface area contributed by atoms with Crippen molar-refractivity contribution in [1.29, 1.82) is 0 Å². The van der Waals surface area contributed by atoms with Gasteiger partial charge in [-0.15, -0.1) is 0 Å². The number of methoxy groups -OCH3 is 1. The molecule has 0 heterocycles. The zero-order valence-electron chi connectivity index (χ0n) is 10.6. The second kappa shape index (κ2) is 6.72. The SMILES string of the molecule is COc1cccc(COCC(C)CS(N)(=O)=O)c1. The lowest BCUT2D eigenvalue weighted by atomic mass is 10.2. The van der Waals surface area contributed by atoms with E-state index in [0.717, 1.165) is 11.3 Å². The Bertz CT molecular complexity index is 473. The molecular weight excluding hydrogens is 254 g/mol. The molecule has 0 bridgehead atoms. The molecule has 0 saturated carbocycles. The molecule has 0 aliphatic rings. The van der Waals surface area contributed by atoms with Crippen molar-refractivity contribution in [3.63, 3.8) is 0 Å². The van der Waals surface area contributed by atoms with Gasteiger partial charge in [0.1, 0.15) is 5.75 Å². The van der Waals surface area contributed by atoms with Gasteiger partial charge in [-0.25, -0.2) is 13.6 Å². The van der Waals surface area contributed by atoms with E-state index in [4.69, 9.17) is 14.6 Å². The highest BCUT2D eigenvalue weighted by atomic mass is 32.2. The molecule has 2 N–H and O–H groups in total. The number of benzene rings is 1. The summed E-state index contributed by atoms with van der Waals surface area (Å²) in [6.07, 6.45) is 0. The summed E-state index contributed by atoms with van der Waals surface area (Å²) >= 11 is 0. The van der Waals surface area contributed by atoms with Crippen molar-refractivity contribution in [3.05, 3.63) is 29.8 Å². The second-order valence-electron chi connectivity index (χ2n) is 4.30. The Hall–Kier alpha value is -1.11. The molecule has 0 fully saturated rings. The first-order valence-corrected chi connectivity index (χ1v) is 7.33. The third-order valence-corrected chi connectivity index (χ3v) is 3.36. The minimum Gasteiger partial charge on any atom is -0.497 e. The normalized spacial score (nSPS) is 13.3. The first kappa shape index (κ1) is 14.9. The number of sulfonamides is 1. The number of hydrogen-bond donors (Lipinski definition) is 1. The van der Waals surface area contributed by atoms with E-state index in [0.29, 0.717) is 13.2 Å². The van der Waals surface area contributed by atoms with E-state index in [2.05, 4.69) is 0 Å². The molecule has 0 saturated heterocycles. The van der Waals surface area contributed by atoms with E-state index in [9.17, 15) is 8.42 Å². The van der Waals surface area contributed by atoms with Gasteiger partial charge in [0, 0.05) is 0 Å². The fourth-order valence-electron chi connectivity index (χ4n) is 1.58. The topological polar surface area (TPSA) is 78.6 Å². The maximum atomic E-state index is 10.9. The monoisotopic (exact) mass is 273 g/mol. The van der Waals surface area contributed by atoms with E-state index in [1.54, 1.807) is 14.0 Å². The number of hydrogen-bond acceptors (Lipinski definition) is 4. The Kier molecular flexibility index (Phi) is 5.58. The summed E-state index contributed by atoms with van der Waals surface area (Å²) in [5.74, 6) is 0.588. The highest BCUT2D eigenvalue weighted by Gasteiger charge is 2.11. The largest absolute Gasteiger partial charge is 0.497 e. The predicted octanol–water partition coefficient (Wildman–Crippen LogP) is 1.14. The van der Waals surface area contributed by atoms with Gasteiger partial charge in [-0.05, 0) is 23.6 Å². The molecule has 0 radical (unpaired) electrons. The van der Waals surface area contributed by atoms with Crippen LogP contribution in [0, 0.1) is 5.92 Å². The fourth-order valence-corrected chi connectivity index (χ4v) is 2.47. The zero-order valence-corrected chi connectivity index (χ0v) is 11.4. The number of primary sulfonamides is 1. The number of nitrogens with two attached hydrogens (primary N) is 1. The summed E-state index contributed by atoms with van der Waals surface area (Å²) < 4.78 is 32.3. The molecule has 0 aliphatic heterocycles. The van der Waals surface area contributed by atoms with Gasteiger partial charge in [-0.1, -0.05) is 19.1 Å². The van der Waals surface area contributed by atoms with Crippen LogP contribution < -0.4 is 9.88 Å². The Labute approximate surface area is 108 Å². The van der Waals surface area contributed by atoms with Crippen molar-refractivity contribution in [3.8, 4) is 5.75 Å². The number of ether oxygens (including phenoxy) is 2. The van der Waals surface area contributed by atoms with Crippen molar-refractivity contribution in [2.45, 2.75) is 13.5 Å². The average molecular weight is 273 g/mol. The van der Waals surface area contributed by atoms with Crippen LogP contribution in [-0.2, 0) is 21.4 Å². The smallest absolute Gasteiger partial charge is 0.209 e. The fraction of sp³-hybridized carbons (Fsp3) is 0.500. The van der Waals surface area contributed by atoms with Gasteiger partial charge in [-0.3, -0.25) is 0 Å². The van der Waals surface area contributed by atoms with Gasteiger partial charge in [-0.2, -0.15) is 0 Å². The van der Waals surface area contributed by atoms with Crippen molar-refractivity contribution in [2.75, 3.05) is 19.5 Å². The molecule has 1 atom stereocenters. The van der Waals surface area contributed by atoms with Crippen LogP contribution >= 0.6 is 0 Å². The standard InChI is InChI=1S/C12H19NO4S/c1-10(9-18(13,14)15)7-17-8-11-4-3-5-12(6-11)16-2/h3-6,10H,7-9H2,1-2H3,(H2,13,14,15). The molecule has 0 amide bonds.